The summed E-state index contributed by atoms with van der Waals surface area (Å²) >= 11 is 2.03. The molecule has 9 nitrogen and oxygen atoms in total. The van der Waals surface area contributed by atoms with E-state index in [1.807, 2.05) is 30.3 Å². The maximum Gasteiger partial charge on any atom is 0.293 e. The molecule has 5 rings (SSSR count). The van der Waals surface area contributed by atoms with Crippen molar-refractivity contribution in [1.82, 2.24) is 30.0 Å². The molecule has 0 bridgehead atoms. The van der Waals surface area contributed by atoms with Gasteiger partial charge in [0.15, 0.2) is 11.0 Å². The molecule has 1 aliphatic rings. The van der Waals surface area contributed by atoms with Gasteiger partial charge in [0, 0.05) is 25.5 Å². The number of benzene rings is 2. The lowest BCUT2D eigenvalue weighted by atomic mass is 10.2. The van der Waals surface area contributed by atoms with Crippen LogP contribution in [0.2, 0.25) is 0 Å². The Labute approximate surface area is 237 Å². The highest BCUT2D eigenvalue weighted by Gasteiger charge is 2.34. The summed E-state index contributed by atoms with van der Waals surface area (Å²) in [5, 5.41) is 11.3. The van der Waals surface area contributed by atoms with Crippen LogP contribution in [-0.4, -0.2) is 60.5 Å². The van der Waals surface area contributed by atoms with Gasteiger partial charge in [-0.3, -0.25) is 28.8 Å². The Balaban J connectivity index is 1.20. The van der Waals surface area contributed by atoms with Gasteiger partial charge in [-0.15, -0.1) is 10.2 Å². The van der Waals surface area contributed by atoms with E-state index < -0.39 is 17.0 Å². The summed E-state index contributed by atoms with van der Waals surface area (Å²) in [7, 11) is 0. The van der Waals surface area contributed by atoms with Crippen molar-refractivity contribution >= 4 is 46.7 Å². The number of pyridine rings is 1. The molecule has 1 N–H and O–H groups in total. The van der Waals surface area contributed by atoms with Crippen molar-refractivity contribution in [3.8, 4) is 11.4 Å². The molecule has 1 saturated heterocycles. The minimum atomic E-state index is -0.416. The fourth-order valence-electron chi connectivity index (χ4n) is 3.94. The van der Waals surface area contributed by atoms with Crippen LogP contribution in [-0.2, 0) is 16.1 Å². The van der Waals surface area contributed by atoms with Gasteiger partial charge >= 0.3 is 0 Å². The average molecular weight is 575 g/mol. The van der Waals surface area contributed by atoms with Gasteiger partial charge in [0.1, 0.15) is 5.82 Å². The van der Waals surface area contributed by atoms with Crippen LogP contribution in [0.4, 0.5) is 9.18 Å². The van der Waals surface area contributed by atoms with E-state index in [0.717, 1.165) is 27.8 Å². The van der Waals surface area contributed by atoms with Crippen molar-refractivity contribution < 1.29 is 18.8 Å². The summed E-state index contributed by atoms with van der Waals surface area (Å²) in [5.41, 5.74) is 2.01. The molecule has 2 aromatic heterocycles. The van der Waals surface area contributed by atoms with Crippen molar-refractivity contribution in [1.29, 1.82) is 0 Å². The van der Waals surface area contributed by atoms with Gasteiger partial charge in [-0.05, 0) is 47.2 Å². The summed E-state index contributed by atoms with van der Waals surface area (Å²) in [6, 6.07) is 19.5. The Morgan fingerprint density at radius 2 is 1.82 bits per heavy atom. The summed E-state index contributed by atoms with van der Waals surface area (Å²) in [6.45, 7) is 0.551. The zero-order valence-electron chi connectivity index (χ0n) is 21.1. The van der Waals surface area contributed by atoms with E-state index >= 15 is 0 Å². The van der Waals surface area contributed by atoms with Crippen molar-refractivity contribution in [2.45, 2.75) is 11.7 Å². The van der Waals surface area contributed by atoms with Crippen LogP contribution in [0.3, 0.4) is 0 Å². The normalized spacial score (nSPS) is 14.2. The summed E-state index contributed by atoms with van der Waals surface area (Å²) in [4.78, 5) is 43.0. The second-order valence-corrected chi connectivity index (χ2v) is 10.6. The predicted octanol–water partition coefficient (Wildman–Crippen LogP) is 4.47. The number of nitrogens with one attached hydrogen (secondary N) is 1. The van der Waals surface area contributed by atoms with Gasteiger partial charge in [-0.2, -0.15) is 0 Å². The van der Waals surface area contributed by atoms with Crippen molar-refractivity contribution in [2.24, 2.45) is 0 Å². The third kappa shape index (κ3) is 6.46. The lowest BCUT2D eigenvalue weighted by Crippen LogP contribution is -2.37. The standard InChI is InChI=1S/C28H23FN6O3S2/c29-22-11-5-4-10-21(22)25-32-33-27(35(25)17-19-7-2-1-3-8-19)39-18-24(36)31-13-14-34-26(37)23(40-28(34)38)15-20-9-6-12-30-16-20/h1-12,15-16H,13-14,17-18H2,(H,31,36). The lowest BCUT2D eigenvalue weighted by Gasteiger charge is -2.13. The van der Waals surface area contributed by atoms with Crippen LogP contribution >= 0.6 is 23.5 Å². The number of carbonyl (C=O) groups is 3. The van der Waals surface area contributed by atoms with Crippen LogP contribution in [0.5, 0.6) is 0 Å². The second kappa shape index (κ2) is 12.7. The number of halogens is 1. The zero-order valence-corrected chi connectivity index (χ0v) is 22.7. The number of hydrogen-bond acceptors (Lipinski definition) is 8. The first-order valence-corrected chi connectivity index (χ1v) is 14.1. The monoisotopic (exact) mass is 574 g/mol. The number of carbonyl (C=O) groups excluding carboxylic acids is 3. The summed E-state index contributed by atoms with van der Waals surface area (Å²) in [5.74, 6) is -0.737. The molecule has 0 atom stereocenters. The zero-order chi connectivity index (χ0) is 27.9. The van der Waals surface area contributed by atoms with Gasteiger partial charge in [-0.1, -0.05) is 60.3 Å². The number of rotatable bonds is 10. The fourth-order valence-corrected chi connectivity index (χ4v) is 5.57. The predicted molar refractivity (Wildman–Crippen MR) is 152 cm³/mol. The highest BCUT2D eigenvalue weighted by Crippen LogP contribution is 2.32. The third-order valence-corrected chi connectivity index (χ3v) is 7.73. The van der Waals surface area contributed by atoms with E-state index in [1.54, 1.807) is 53.4 Å². The number of amides is 3. The maximum absolute atomic E-state index is 14.6. The van der Waals surface area contributed by atoms with Gasteiger partial charge in [0.05, 0.1) is 22.8 Å². The third-order valence-electron chi connectivity index (χ3n) is 5.86. The molecule has 3 heterocycles. The second-order valence-electron chi connectivity index (χ2n) is 8.62. The Morgan fingerprint density at radius 3 is 2.60 bits per heavy atom. The van der Waals surface area contributed by atoms with E-state index in [9.17, 15) is 18.8 Å². The van der Waals surface area contributed by atoms with E-state index in [0.29, 0.717) is 28.0 Å². The topological polar surface area (TPSA) is 110 Å². The molecule has 12 heteroatoms. The van der Waals surface area contributed by atoms with Crippen LogP contribution in [0.25, 0.3) is 17.5 Å². The summed E-state index contributed by atoms with van der Waals surface area (Å²) in [6.07, 6.45) is 4.85. The molecular weight excluding hydrogens is 551 g/mol. The summed E-state index contributed by atoms with van der Waals surface area (Å²) < 4.78 is 16.3. The largest absolute Gasteiger partial charge is 0.354 e. The molecule has 0 unspecified atom stereocenters. The van der Waals surface area contributed by atoms with Crippen molar-refractivity contribution in [3.63, 3.8) is 0 Å². The first kappa shape index (κ1) is 27.3. The highest BCUT2D eigenvalue weighted by atomic mass is 32.2. The molecule has 0 radical (unpaired) electrons. The van der Waals surface area contributed by atoms with E-state index in [2.05, 4.69) is 20.5 Å². The van der Waals surface area contributed by atoms with E-state index in [-0.39, 0.29) is 24.7 Å². The fraction of sp³-hybridized carbons (Fsp3) is 0.143. The Hall–Kier alpha value is -4.29. The van der Waals surface area contributed by atoms with Crippen LogP contribution in [0, 0.1) is 5.82 Å². The molecule has 4 aromatic rings. The number of aromatic nitrogens is 4. The molecule has 1 aliphatic heterocycles. The molecule has 0 spiro atoms. The SMILES string of the molecule is O=C(CSc1nnc(-c2ccccc2F)n1Cc1ccccc1)NCCN1C(=O)SC(=Cc2cccnc2)C1=O. The number of nitrogens with zero attached hydrogens (tertiary/aromatic N) is 5. The van der Waals surface area contributed by atoms with Crippen LogP contribution in [0.15, 0.2) is 89.2 Å². The minimum Gasteiger partial charge on any atom is -0.354 e. The van der Waals surface area contributed by atoms with Gasteiger partial charge < -0.3 is 5.32 Å². The van der Waals surface area contributed by atoms with Crippen molar-refractivity contribution in [3.05, 3.63) is 101 Å². The average Bonchev–Trinajstić information content (AvgIpc) is 3.48. The van der Waals surface area contributed by atoms with E-state index in [4.69, 9.17) is 0 Å². The smallest absolute Gasteiger partial charge is 0.293 e. The molecular formula is C28H23FN6O3S2. The number of hydrogen-bond donors (Lipinski definition) is 1. The maximum atomic E-state index is 14.6. The van der Waals surface area contributed by atoms with Crippen LogP contribution < -0.4 is 5.32 Å². The van der Waals surface area contributed by atoms with Crippen LogP contribution in [0.1, 0.15) is 11.1 Å². The first-order valence-electron chi connectivity index (χ1n) is 12.3. The molecule has 202 valence electrons. The van der Waals surface area contributed by atoms with Gasteiger partial charge in [0.25, 0.3) is 11.1 Å². The molecule has 40 heavy (non-hydrogen) atoms. The van der Waals surface area contributed by atoms with Crippen molar-refractivity contribution in [2.75, 3.05) is 18.8 Å². The molecule has 0 saturated carbocycles. The quantitative estimate of drug-likeness (QED) is 0.218. The molecule has 2 aromatic carbocycles. The van der Waals surface area contributed by atoms with Gasteiger partial charge in [0.2, 0.25) is 5.91 Å². The van der Waals surface area contributed by atoms with E-state index in [1.165, 1.54) is 17.8 Å². The minimum absolute atomic E-state index is 0.0208. The number of thioether (sulfide) groups is 2. The highest BCUT2D eigenvalue weighted by molar-refractivity contribution is 8.18. The molecule has 3 amide bonds. The van der Waals surface area contributed by atoms with Gasteiger partial charge in [-0.25, -0.2) is 4.39 Å². The molecule has 0 aliphatic carbocycles. The lowest BCUT2D eigenvalue weighted by molar-refractivity contribution is -0.123. The number of imide groups is 1. The Kier molecular flexibility index (Phi) is 8.67. The Bertz CT molecular complexity index is 1560. The Morgan fingerprint density at radius 1 is 1.02 bits per heavy atom. The molecule has 1 fully saturated rings. The first-order chi connectivity index (χ1) is 19.5.